The van der Waals surface area contributed by atoms with Gasteiger partial charge in [0.2, 0.25) is 0 Å². The van der Waals surface area contributed by atoms with Crippen LogP contribution in [0.2, 0.25) is 0 Å². The van der Waals surface area contributed by atoms with E-state index in [-0.39, 0.29) is 18.1 Å². The van der Waals surface area contributed by atoms with E-state index in [1.54, 1.807) is 17.3 Å². The second-order valence-electron chi connectivity index (χ2n) is 7.16. The summed E-state index contributed by atoms with van der Waals surface area (Å²) in [6.45, 7) is 3.55. The lowest BCUT2D eigenvalue weighted by molar-refractivity contribution is -0.160. The topological polar surface area (TPSA) is 45.7 Å². The molecule has 0 radical (unpaired) electrons. The molecule has 0 aromatic carbocycles. The molecule has 0 bridgehead atoms. The number of nitrogens with zero attached hydrogens (tertiary/aromatic N) is 3. The van der Waals surface area contributed by atoms with E-state index in [4.69, 9.17) is 4.74 Å². The summed E-state index contributed by atoms with van der Waals surface area (Å²) < 4.78 is 20.4. The van der Waals surface area contributed by atoms with Crippen LogP contribution in [0, 0.1) is 0 Å². The van der Waals surface area contributed by atoms with E-state index in [2.05, 4.69) is 9.88 Å². The Kier molecular flexibility index (Phi) is 4.26. The fourth-order valence-corrected chi connectivity index (χ4v) is 4.03. The highest BCUT2D eigenvalue weighted by Gasteiger charge is 2.49. The van der Waals surface area contributed by atoms with Crippen molar-refractivity contribution >= 4 is 5.91 Å². The number of pyridine rings is 1. The van der Waals surface area contributed by atoms with Crippen molar-refractivity contribution < 1.29 is 13.9 Å². The number of piperidine rings is 1. The van der Waals surface area contributed by atoms with Crippen LogP contribution in [0.15, 0.2) is 24.5 Å². The maximum absolute atomic E-state index is 14.5. The van der Waals surface area contributed by atoms with Crippen LogP contribution in [0.3, 0.4) is 0 Å². The van der Waals surface area contributed by atoms with Crippen LogP contribution in [0.25, 0.3) is 0 Å². The van der Waals surface area contributed by atoms with Gasteiger partial charge in [-0.05, 0) is 43.4 Å². The number of hydrogen-bond acceptors (Lipinski definition) is 4. The highest BCUT2D eigenvalue weighted by Crippen LogP contribution is 2.38. The minimum Gasteiger partial charge on any atom is -0.375 e. The number of carbonyl (C=O) groups excluding carboxylic acids is 1. The number of aromatic nitrogens is 1. The Morgan fingerprint density at radius 3 is 2.83 bits per heavy atom. The summed E-state index contributed by atoms with van der Waals surface area (Å²) in [5, 5.41) is 0. The zero-order valence-electron chi connectivity index (χ0n) is 13.9. The fourth-order valence-electron chi connectivity index (χ4n) is 4.03. The van der Waals surface area contributed by atoms with Gasteiger partial charge in [-0.25, -0.2) is 4.39 Å². The molecule has 2 aliphatic heterocycles. The molecule has 1 aromatic rings. The fraction of sp³-hybridized carbons (Fsp3) is 0.667. The van der Waals surface area contributed by atoms with E-state index in [0.717, 1.165) is 25.9 Å². The SMILES string of the molecule is O=C(N1CC[C@@H]2OCCN(Cc3ccncc3)[C@H]2C1)C1(F)CCC1. The van der Waals surface area contributed by atoms with Gasteiger partial charge in [-0.2, -0.15) is 0 Å². The molecule has 3 heterocycles. The predicted molar refractivity (Wildman–Crippen MR) is 87.1 cm³/mol. The van der Waals surface area contributed by atoms with Gasteiger partial charge in [0.15, 0.2) is 5.67 Å². The maximum Gasteiger partial charge on any atom is 0.260 e. The number of hydrogen-bond donors (Lipinski definition) is 0. The molecular weight excluding hydrogens is 309 g/mol. The predicted octanol–water partition coefficient (Wildman–Crippen LogP) is 1.78. The van der Waals surface area contributed by atoms with Gasteiger partial charge in [0.1, 0.15) is 0 Å². The summed E-state index contributed by atoms with van der Waals surface area (Å²) in [6.07, 6.45) is 6.11. The Balaban J connectivity index is 1.46. The summed E-state index contributed by atoms with van der Waals surface area (Å²) in [4.78, 5) is 20.7. The Labute approximate surface area is 141 Å². The Morgan fingerprint density at radius 2 is 2.12 bits per heavy atom. The number of halogens is 1. The standard InChI is InChI=1S/C18H24FN3O2/c19-18(5-1-6-18)17(23)22-9-4-16-15(13-22)21(10-11-24-16)12-14-2-7-20-8-3-14/h2-3,7-8,15-16H,1,4-6,9-13H2/t15-,16-/m0/s1. The Morgan fingerprint density at radius 1 is 1.33 bits per heavy atom. The third kappa shape index (κ3) is 2.93. The van der Waals surface area contributed by atoms with Gasteiger partial charge < -0.3 is 9.64 Å². The molecule has 6 heteroatoms. The second kappa shape index (κ2) is 6.41. The van der Waals surface area contributed by atoms with E-state index >= 15 is 0 Å². The van der Waals surface area contributed by atoms with Gasteiger partial charge in [0.25, 0.3) is 5.91 Å². The van der Waals surface area contributed by atoms with E-state index < -0.39 is 5.67 Å². The summed E-state index contributed by atoms with van der Waals surface area (Å²) in [6, 6.07) is 4.18. The van der Waals surface area contributed by atoms with Crippen LogP contribution in [-0.4, -0.2) is 64.7 Å². The van der Waals surface area contributed by atoms with Crippen LogP contribution >= 0.6 is 0 Å². The molecule has 4 rings (SSSR count). The molecule has 3 fully saturated rings. The lowest BCUT2D eigenvalue weighted by atomic mass is 9.80. The summed E-state index contributed by atoms with van der Waals surface area (Å²) >= 11 is 0. The first-order chi connectivity index (χ1) is 11.7. The average molecular weight is 333 g/mol. The number of rotatable bonds is 3. The van der Waals surface area contributed by atoms with Crippen molar-refractivity contribution in [3.05, 3.63) is 30.1 Å². The lowest BCUT2D eigenvalue weighted by Crippen LogP contribution is -2.63. The van der Waals surface area contributed by atoms with Gasteiger partial charge in [-0.1, -0.05) is 0 Å². The van der Waals surface area contributed by atoms with Crippen molar-refractivity contribution in [1.29, 1.82) is 0 Å². The van der Waals surface area contributed by atoms with Crippen molar-refractivity contribution in [2.75, 3.05) is 26.2 Å². The first-order valence-electron chi connectivity index (χ1n) is 8.89. The van der Waals surface area contributed by atoms with Crippen LogP contribution < -0.4 is 0 Å². The number of likely N-dealkylation sites (tertiary alicyclic amines) is 1. The summed E-state index contributed by atoms with van der Waals surface area (Å²) in [7, 11) is 0. The Hall–Kier alpha value is -1.53. The largest absolute Gasteiger partial charge is 0.375 e. The molecule has 24 heavy (non-hydrogen) atoms. The maximum atomic E-state index is 14.5. The van der Waals surface area contributed by atoms with E-state index in [9.17, 15) is 9.18 Å². The zero-order valence-corrected chi connectivity index (χ0v) is 13.9. The average Bonchev–Trinajstić information content (AvgIpc) is 2.60. The van der Waals surface area contributed by atoms with Crippen molar-refractivity contribution in [2.45, 2.75) is 50.0 Å². The number of ether oxygens (including phenoxy) is 1. The first-order valence-corrected chi connectivity index (χ1v) is 8.89. The molecule has 2 saturated heterocycles. The lowest BCUT2D eigenvalue weighted by Gasteiger charge is -2.48. The molecule has 0 N–H and O–H groups in total. The van der Waals surface area contributed by atoms with Gasteiger partial charge in [0, 0.05) is 38.6 Å². The quantitative estimate of drug-likeness (QED) is 0.846. The molecule has 5 nitrogen and oxygen atoms in total. The molecule has 1 aliphatic carbocycles. The molecule has 0 unspecified atom stereocenters. The number of amides is 1. The van der Waals surface area contributed by atoms with E-state index in [0.29, 0.717) is 32.5 Å². The highest BCUT2D eigenvalue weighted by molar-refractivity contribution is 5.86. The molecule has 1 saturated carbocycles. The van der Waals surface area contributed by atoms with Gasteiger partial charge in [-0.15, -0.1) is 0 Å². The van der Waals surface area contributed by atoms with Crippen LogP contribution in [0.1, 0.15) is 31.2 Å². The van der Waals surface area contributed by atoms with Crippen LogP contribution in [-0.2, 0) is 16.1 Å². The number of morpholine rings is 1. The molecule has 3 aliphatic rings. The smallest absolute Gasteiger partial charge is 0.260 e. The van der Waals surface area contributed by atoms with Crippen LogP contribution in [0.4, 0.5) is 4.39 Å². The normalized spacial score (nSPS) is 29.6. The summed E-state index contributed by atoms with van der Waals surface area (Å²) in [5.74, 6) is -0.304. The minimum absolute atomic E-state index is 0.140. The number of alkyl halides is 1. The van der Waals surface area contributed by atoms with E-state index in [1.807, 2.05) is 12.1 Å². The van der Waals surface area contributed by atoms with Gasteiger partial charge in [0.05, 0.1) is 18.8 Å². The molecule has 1 amide bonds. The van der Waals surface area contributed by atoms with Crippen molar-refractivity contribution in [1.82, 2.24) is 14.8 Å². The third-order valence-corrected chi connectivity index (χ3v) is 5.65. The molecule has 1 aromatic heterocycles. The minimum atomic E-state index is -1.60. The van der Waals surface area contributed by atoms with E-state index in [1.165, 1.54) is 5.56 Å². The zero-order chi connectivity index (χ0) is 16.6. The molecular formula is C18H24FN3O2. The van der Waals surface area contributed by atoms with Gasteiger partial charge in [-0.3, -0.25) is 14.7 Å². The highest BCUT2D eigenvalue weighted by atomic mass is 19.1. The molecule has 2 atom stereocenters. The molecule has 0 spiro atoms. The third-order valence-electron chi connectivity index (χ3n) is 5.65. The molecule has 130 valence electrons. The van der Waals surface area contributed by atoms with Crippen molar-refractivity contribution in [2.24, 2.45) is 0 Å². The summed E-state index contributed by atoms with van der Waals surface area (Å²) in [5.41, 5.74) is -0.395. The number of carbonyl (C=O) groups is 1. The van der Waals surface area contributed by atoms with Crippen molar-refractivity contribution in [3.8, 4) is 0 Å². The monoisotopic (exact) mass is 333 g/mol. The first kappa shape index (κ1) is 16.0. The van der Waals surface area contributed by atoms with Gasteiger partial charge >= 0.3 is 0 Å². The van der Waals surface area contributed by atoms with Crippen molar-refractivity contribution in [3.63, 3.8) is 0 Å². The van der Waals surface area contributed by atoms with Crippen LogP contribution in [0.5, 0.6) is 0 Å². The Bertz CT molecular complexity index is 593. The number of fused-ring (bicyclic) bond motifs is 1. The second-order valence-corrected chi connectivity index (χ2v) is 7.16.